The molecule has 2 amide bonds. The predicted molar refractivity (Wildman–Crippen MR) is 96.5 cm³/mol. The summed E-state index contributed by atoms with van der Waals surface area (Å²) in [6.07, 6.45) is 5.20. The average molecular weight is 334 g/mol. The van der Waals surface area contributed by atoms with Gasteiger partial charge in [-0.05, 0) is 70.8 Å². The van der Waals surface area contributed by atoms with E-state index in [1.165, 1.54) is 25.9 Å². The molecular weight excluding hydrogens is 304 g/mol. The Bertz CT molecular complexity index is 513. The predicted octanol–water partition coefficient (Wildman–Crippen LogP) is 3.11. The van der Waals surface area contributed by atoms with Gasteiger partial charge in [-0.2, -0.15) is 0 Å². The number of nitrogens with zero attached hydrogens (tertiary/aromatic N) is 2. The lowest BCUT2D eigenvalue weighted by molar-refractivity contribution is 0.190. The van der Waals surface area contributed by atoms with Gasteiger partial charge in [0.05, 0.1) is 6.10 Å². The van der Waals surface area contributed by atoms with E-state index in [2.05, 4.69) is 27.4 Å². The molecule has 6 nitrogen and oxygen atoms in total. The van der Waals surface area contributed by atoms with Crippen molar-refractivity contribution in [3.05, 3.63) is 18.3 Å². The van der Waals surface area contributed by atoms with E-state index in [0.29, 0.717) is 18.1 Å². The highest BCUT2D eigenvalue weighted by Crippen LogP contribution is 2.21. The van der Waals surface area contributed by atoms with Crippen LogP contribution in [0.5, 0.6) is 5.88 Å². The number of anilines is 1. The maximum atomic E-state index is 12.0. The minimum absolute atomic E-state index is 0.00997. The number of urea groups is 1. The summed E-state index contributed by atoms with van der Waals surface area (Å²) in [6.45, 7) is 10.2. The first kappa shape index (κ1) is 18.5. The standard InChI is InChI=1S/C18H30N4O2/c1-14(2)24-17-16(6-4-9-19-17)21-18(23)20-10-5-11-22-12-7-15(3)8-13-22/h4,6,9,14-15H,5,7-8,10-13H2,1-3H3,(H2,20,21,23). The van der Waals surface area contributed by atoms with E-state index in [1.807, 2.05) is 13.8 Å². The molecule has 0 aliphatic carbocycles. The van der Waals surface area contributed by atoms with Crippen LogP contribution in [0.3, 0.4) is 0 Å². The second-order valence-corrected chi connectivity index (χ2v) is 6.78. The Morgan fingerprint density at radius 2 is 2.17 bits per heavy atom. The molecule has 24 heavy (non-hydrogen) atoms. The van der Waals surface area contributed by atoms with E-state index in [-0.39, 0.29) is 12.1 Å². The highest BCUT2D eigenvalue weighted by atomic mass is 16.5. The Balaban J connectivity index is 1.68. The first-order valence-corrected chi connectivity index (χ1v) is 8.93. The number of nitrogens with one attached hydrogen (secondary N) is 2. The molecule has 0 saturated carbocycles. The van der Waals surface area contributed by atoms with Crippen LogP contribution in [0.15, 0.2) is 18.3 Å². The van der Waals surface area contributed by atoms with Gasteiger partial charge in [-0.25, -0.2) is 9.78 Å². The van der Waals surface area contributed by atoms with Gasteiger partial charge in [0.15, 0.2) is 0 Å². The lowest BCUT2D eigenvalue weighted by atomic mass is 9.99. The first-order chi connectivity index (χ1) is 11.5. The highest BCUT2D eigenvalue weighted by Gasteiger charge is 2.15. The molecule has 0 spiro atoms. The second-order valence-electron chi connectivity index (χ2n) is 6.78. The van der Waals surface area contributed by atoms with Crippen LogP contribution >= 0.6 is 0 Å². The molecule has 0 unspecified atom stereocenters. The third kappa shape index (κ3) is 6.35. The van der Waals surface area contributed by atoms with E-state index >= 15 is 0 Å². The number of carbonyl (C=O) groups excluding carboxylic acids is 1. The molecule has 1 aliphatic rings. The SMILES string of the molecule is CC1CCN(CCCNC(=O)Nc2cccnc2OC(C)C)CC1. The fraction of sp³-hybridized carbons (Fsp3) is 0.667. The van der Waals surface area contributed by atoms with Crippen molar-refractivity contribution in [1.82, 2.24) is 15.2 Å². The van der Waals surface area contributed by atoms with Crippen molar-refractivity contribution in [2.45, 2.75) is 46.1 Å². The van der Waals surface area contributed by atoms with Gasteiger partial charge in [0.25, 0.3) is 0 Å². The third-order valence-corrected chi connectivity index (χ3v) is 4.18. The summed E-state index contributed by atoms with van der Waals surface area (Å²) in [6, 6.07) is 3.35. The highest BCUT2D eigenvalue weighted by molar-refractivity contribution is 5.90. The summed E-state index contributed by atoms with van der Waals surface area (Å²) >= 11 is 0. The number of aromatic nitrogens is 1. The Kier molecular flexibility index (Phi) is 7.31. The number of likely N-dealkylation sites (tertiary alicyclic amines) is 1. The molecule has 6 heteroatoms. The van der Waals surface area contributed by atoms with Crippen molar-refractivity contribution >= 4 is 11.7 Å². The van der Waals surface area contributed by atoms with E-state index in [4.69, 9.17) is 4.74 Å². The van der Waals surface area contributed by atoms with Gasteiger partial charge in [0, 0.05) is 12.7 Å². The van der Waals surface area contributed by atoms with Gasteiger partial charge < -0.3 is 20.3 Å². The van der Waals surface area contributed by atoms with Crippen LogP contribution < -0.4 is 15.4 Å². The lowest BCUT2D eigenvalue weighted by Crippen LogP contribution is -2.36. The number of hydrogen-bond donors (Lipinski definition) is 2. The number of rotatable bonds is 7. The number of ether oxygens (including phenoxy) is 1. The van der Waals surface area contributed by atoms with E-state index in [9.17, 15) is 4.79 Å². The molecule has 1 aliphatic heterocycles. The molecule has 1 fully saturated rings. The molecule has 2 rings (SSSR count). The molecule has 0 atom stereocenters. The largest absolute Gasteiger partial charge is 0.473 e. The van der Waals surface area contributed by atoms with Crippen LogP contribution in [0.4, 0.5) is 10.5 Å². The van der Waals surface area contributed by atoms with Crippen molar-refractivity contribution in [3.63, 3.8) is 0 Å². The fourth-order valence-corrected chi connectivity index (χ4v) is 2.76. The van der Waals surface area contributed by atoms with E-state index in [1.54, 1.807) is 18.3 Å². The minimum Gasteiger partial charge on any atom is -0.473 e. The monoisotopic (exact) mass is 334 g/mol. The first-order valence-electron chi connectivity index (χ1n) is 8.93. The third-order valence-electron chi connectivity index (χ3n) is 4.18. The summed E-state index contributed by atoms with van der Waals surface area (Å²) < 4.78 is 5.60. The fourth-order valence-electron chi connectivity index (χ4n) is 2.76. The maximum absolute atomic E-state index is 12.0. The molecule has 134 valence electrons. The van der Waals surface area contributed by atoms with Gasteiger partial charge >= 0.3 is 6.03 Å². The van der Waals surface area contributed by atoms with Gasteiger partial charge in [-0.15, -0.1) is 0 Å². The quantitative estimate of drug-likeness (QED) is 0.752. The summed E-state index contributed by atoms with van der Waals surface area (Å²) in [5.41, 5.74) is 0.591. The normalized spacial score (nSPS) is 16.2. The number of piperidine rings is 1. The van der Waals surface area contributed by atoms with Crippen LogP contribution in [0.1, 0.15) is 40.0 Å². The van der Waals surface area contributed by atoms with Gasteiger partial charge in [0.2, 0.25) is 5.88 Å². The Hall–Kier alpha value is -1.82. The molecule has 1 aromatic heterocycles. The molecule has 1 aromatic rings. The van der Waals surface area contributed by atoms with Gasteiger partial charge in [-0.3, -0.25) is 0 Å². The summed E-state index contributed by atoms with van der Waals surface area (Å²) in [4.78, 5) is 18.7. The van der Waals surface area contributed by atoms with Crippen molar-refractivity contribution in [1.29, 1.82) is 0 Å². The van der Waals surface area contributed by atoms with Crippen molar-refractivity contribution in [3.8, 4) is 5.88 Å². The van der Waals surface area contributed by atoms with Crippen molar-refractivity contribution < 1.29 is 9.53 Å². The zero-order valence-corrected chi connectivity index (χ0v) is 15.0. The van der Waals surface area contributed by atoms with Gasteiger partial charge in [-0.1, -0.05) is 6.92 Å². The van der Waals surface area contributed by atoms with Crippen LogP contribution in [0, 0.1) is 5.92 Å². The Morgan fingerprint density at radius 1 is 1.42 bits per heavy atom. The van der Waals surface area contributed by atoms with Crippen molar-refractivity contribution in [2.75, 3.05) is 31.5 Å². The van der Waals surface area contributed by atoms with E-state index < -0.39 is 0 Å². The number of carbonyl (C=O) groups is 1. The number of pyridine rings is 1. The van der Waals surface area contributed by atoms with Crippen LogP contribution in [0.25, 0.3) is 0 Å². The molecule has 0 bridgehead atoms. The molecule has 2 N–H and O–H groups in total. The topological polar surface area (TPSA) is 66.5 Å². The second kappa shape index (κ2) is 9.47. The summed E-state index contributed by atoms with van der Waals surface area (Å²) in [5.74, 6) is 1.30. The van der Waals surface area contributed by atoms with Crippen LogP contribution in [0.2, 0.25) is 0 Å². The molecule has 1 saturated heterocycles. The molecule has 2 heterocycles. The zero-order valence-electron chi connectivity index (χ0n) is 15.0. The molecular formula is C18H30N4O2. The minimum atomic E-state index is -0.219. The van der Waals surface area contributed by atoms with E-state index in [0.717, 1.165) is 18.9 Å². The molecule has 0 aromatic carbocycles. The summed E-state index contributed by atoms with van der Waals surface area (Å²) in [5, 5.41) is 5.71. The number of hydrogen-bond acceptors (Lipinski definition) is 4. The lowest BCUT2D eigenvalue weighted by Gasteiger charge is -2.30. The zero-order chi connectivity index (χ0) is 17.4. The van der Waals surface area contributed by atoms with Crippen LogP contribution in [-0.2, 0) is 0 Å². The summed E-state index contributed by atoms with van der Waals surface area (Å²) in [7, 11) is 0. The molecule has 0 radical (unpaired) electrons. The average Bonchev–Trinajstić information content (AvgIpc) is 2.55. The Morgan fingerprint density at radius 3 is 2.88 bits per heavy atom. The smallest absolute Gasteiger partial charge is 0.319 e. The Labute approximate surface area is 145 Å². The van der Waals surface area contributed by atoms with Gasteiger partial charge in [0.1, 0.15) is 5.69 Å². The van der Waals surface area contributed by atoms with Crippen LogP contribution in [-0.4, -0.2) is 48.2 Å². The van der Waals surface area contributed by atoms with Crippen molar-refractivity contribution in [2.24, 2.45) is 5.92 Å². The number of amides is 2. The maximum Gasteiger partial charge on any atom is 0.319 e.